The number of hydrogen-bond acceptors (Lipinski definition) is 3. The van der Waals surface area contributed by atoms with Gasteiger partial charge in [-0.2, -0.15) is 0 Å². The lowest BCUT2D eigenvalue weighted by Gasteiger charge is -2.18. The highest BCUT2D eigenvalue weighted by atomic mass is 19.1. The van der Waals surface area contributed by atoms with Gasteiger partial charge in [0, 0.05) is 36.0 Å². The lowest BCUT2D eigenvalue weighted by molar-refractivity contribution is 0.314. The monoisotopic (exact) mass is 498 g/mol. The SMILES string of the molecule is Cc1ccc(-c2nc3n(Cc4c(F)cccc4F)cc(C)c(=O)n3c2CN(C)Cc2ccccc2)cc1. The molecular formula is C30H28F2N4O. The Labute approximate surface area is 214 Å². The summed E-state index contributed by atoms with van der Waals surface area (Å²) in [6.45, 7) is 4.76. The van der Waals surface area contributed by atoms with Crippen LogP contribution in [0.4, 0.5) is 8.78 Å². The van der Waals surface area contributed by atoms with Crippen LogP contribution in [0.1, 0.15) is 27.9 Å². The summed E-state index contributed by atoms with van der Waals surface area (Å²) in [4.78, 5) is 20.5. The third-order valence-electron chi connectivity index (χ3n) is 6.53. The number of imidazole rings is 1. The van der Waals surface area contributed by atoms with E-state index in [1.165, 1.54) is 18.2 Å². The van der Waals surface area contributed by atoms with E-state index in [2.05, 4.69) is 17.0 Å². The Kier molecular flexibility index (Phi) is 6.72. The largest absolute Gasteiger partial charge is 0.313 e. The van der Waals surface area contributed by atoms with Crippen LogP contribution in [0.15, 0.2) is 83.8 Å². The van der Waals surface area contributed by atoms with Gasteiger partial charge in [0.05, 0.1) is 17.9 Å². The van der Waals surface area contributed by atoms with Crippen LogP contribution in [0.2, 0.25) is 0 Å². The van der Waals surface area contributed by atoms with E-state index in [-0.39, 0.29) is 17.7 Å². The van der Waals surface area contributed by atoms with E-state index < -0.39 is 11.6 Å². The summed E-state index contributed by atoms with van der Waals surface area (Å²) in [6, 6.07) is 21.9. The molecule has 0 aliphatic rings. The normalized spacial score (nSPS) is 11.5. The third-order valence-corrected chi connectivity index (χ3v) is 6.53. The number of benzene rings is 3. The number of aryl methyl sites for hydroxylation is 2. The summed E-state index contributed by atoms with van der Waals surface area (Å²) < 4.78 is 32.3. The minimum absolute atomic E-state index is 0.0740. The number of nitrogens with zero attached hydrogens (tertiary/aromatic N) is 4. The summed E-state index contributed by atoms with van der Waals surface area (Å²) in [5.74, 6) is -0.929. The van der Waals surface area contributed by atoms with Gasteiger partial charge in [-0.15, -0.1) is 0 Å². The van der Waals surface area contributed by atoms with Crippen molar-refractivity contribution in [3.05, 3.63) is 129 Å². The number of halogens is 2. The van der Waals surface area contributed by atoms with Crippen LogP contribution in [0.3, 0.4) is 0 Å². The van der Waals surface area contributed by atoms with Crippen molar-refractivity contribution in [1.82, 2.24) is 18.9 Å². The van der Waals surface area contributed by atoms with Crippen LogP contribution in [0.25, 0.3) is 17.0 Å². The number of hydrogen-bond donors (Lipinski definition) is 0. The fourth-order valence-electron chi connectivity index (χ4n) is 4.64. The average molecular weight is 499 g/mol. The molecule has 0 saturated carbocycles. The highest BCUT2D eigenvalue weighted by Crippen LogP contribution is 2.26. The molecule has 2 heterocycles. The first-order valence-electron chi connectivity index (χ1n) is 12.2. The van der Waals surface area contributed by atoms with E-state index in [0.717, 1.165) is 22.4 Å². The standard InChI is InChI=1S/C30H28F2N4O/c1-20-12-14-23(15-13-20)28-27(19-34(3)17-22-8-5-4-6-9-22)36-29(37)21(2)16-35(30(36)33-28)18-24-25(31)10-7-11-26(24)32/h4-16H,17-19H2,1-3H3. The van der Waals surface area contributed by atoms with Crippen LogP contribution in [-0.4, -0.2) is 25.9 Å². The maximum atomic E-state index is 14.5. The quantitative estimate of drug-likeness (QED) is 0.288. The molecule has 5 nitrogen and oxygen atoms in total. The van der Waals surface area contributed by atoms with Crippen LogP contribution in [0.5, 0.6) is 0 Å². The summed E-state index contributed by atoms with van der Waals surface area (Å²) in [7, 11) is 1.99. The van der Waals surface area contributed by atoms with Crippen molar-refractivity contribution in [2.45, 2.75) is 33.5 Å². The molecule has 37 heavy (non-hydrogen) atoms. The topological polar surface area (TPSA) is 42.5 Å². The summed E-state index contributed by atoms with van der Waals surface area (Å²) in [5.41, 5.74) is 4.73. The molecule has 3 aromatic carbocycles. The fourth-order valence-corrected chi connectivity index (χ4v) is 4.64. The van der Waals surface area contributed by atoms with E-state index in [0.29, 0.717) is 30.1 Å². The lowest BCUT2D eigenvalue weighted by atomic mass is 10.1. The van der Waals surface area contributed by atoms with Crippen molar-refractivity contribution >= 4 is 5.78 Å². The summed E-state index contributed by atoms with van der Waals surface area (Å²) >= 11 is 0. The molecule has 5 rings (SSSR count). The van der Waals surface area contributed by atoms with Crippen molar-refractivity contribution < 1.29 is 8.78 Å². The zero-order valence-electron chi connectivity index (χ0n) is 21.1. The molecule has 0 fully saturated rings. The Morgan fingerprint density at radius 2 is 1.54 bits per heavy atom. The van der Waals surface area contributed by atoms with Crippen LogP contribution in [-0.2, 0) is 19.6 Å². The second-order valence-corrected chi connectivity index (χ2v) is 9.51. The first kappa shape index (κ1) is 24.6. The maximum Gasteiger partial charge on any atom is 0.262 e. The number of rotatable bonds is 7. The second-order valence-electron chi connectivity index (χ2n) is 9.51. The number of aromatic nitrogens is 3. The zero-order valence-corrected chi connectivity index (χ0v) is 21.1. The third kappa shape index (κ3) is 4.95. The smallest absolute Gasteiger partial charge is 0.262 e. The molecule has 0 bridgehead atoms. The van der Waals surface area contributed by atoms with Crippen molar-refractivity contribution in [2.24, 2.45) is 0 Å². The molecule has 0 unspecified atom stereocenters. The Morgan fingerprint density at radius 3 is 2.22 bits per heavy atom. The molecule has 7 heteroatoms. The molecule has 5 aromatic rings. The Hall–Kier alpha value is -4.10. The Balaban J connectivity index is 1.68. The molecule has 0 saturated heterocycles. The Bertz CT molecular complexity index is 1600. The van der Waals surface area contributed by atoms with Crippen molar-refractivity contribution in [1.29, 1.82) is 0 Å². The molecular weight excluding hydrogens is 470 g/mol. The Morgan fingerprint density at radius 1 is 0.865 bits per heavy atom. The van der Waals surface area contributed by atoms with Crippen molar-refractivity contribution in [3.8, 4) is 11.3 Å². The van der Waals surface area contributed by atoms with Gasteiger partial charge in [0.1, 0.15) is 11.6 Å². The second kappa shape index (κ2) is 10.1. The fraction of sp³-hybridized carbons (Fsp3) is 0.200. The molecule has 188 valence electrons. The van der Waals surface area contributed by atoms with Gasteiger partial charge in [-0.05, 0) is 38.6 Å². The van der Waals surface area contributed by atoms with Gasteiger partial charge in [-0.3, -0.25) is 9.69 Å². The van der Waals surface area contributed by atoms with E-state index in [9.17, 15) is 13.6 Å². The van der Waals surface area contributed by atoms with Crippen LogP contribution >= 0.6 is 0 Å². The van der Waals surface area contributed by atoms with Gasteiger partial charge < -0.3 is 4.57 Å². The molecule has 0 spiro atoms. The van der Waals surface area contributed by atoms with Gasteiger partial charge >= 0.3 is 0 Å². The highest BCUT2D eigenvalue weighted by molar-refractivity contribution is 5.66. The van der Waals surface area contributed by atoms with Gasteiger partial charge in [0.15, 0.2) is 0 Å². The molecule has 0 radical (unpaired) electrons. The van der Waals surface area contributed by atoms with Crippen molar-refractivity contribution in [2.75, 3.05) is 7.05 Å². The van der Waals surface area contributed by atoms with Gasteiger partial charge in [-0.1, -0.05) is 66.2 Å². The van der Waals surface area contributed by atoms with E-state index in [1.807, 2.05) is 56.4 Å². The van der Waals surface area contributed by atoms with Crippen LogP contribution in [0, 0.1) is 25.5 Å². The minimum atomic E-state index is -0.636. The maximum absolute atomic E-state index is 14.5. The molecule has 0 N–H and O–H groups in total. The first-order chi connectivity index (χ1) is 17.8. The molecule has 0 aliphatic heterocycles. The van der Waals surface area contributed by atoms with E-state index in [1.54, 1.807) is 22.1 Å². The molecule has 0 amide bonds. The number of fused-ring (bicyclic) bond motifs is 1. The van der Waals surface area contributed by atoms with Crippen LogP contribution < -0.4 is 5.56 Å². The van der Waals surface area contributed by atoms with E-state index in [4.69, 9.17) is 4.98 Å². The van der Waals surface area contributed by atoms with Crippen molar-refractivity contribution in [3.63, 3.8) is 0 Å². The highest BCUT2D eigenvalue weighted by Gasteiger charge is 2.22. The minimum Gasteiger partial charge on any atom is -0.313 e. The van der Waals surface area contributed by atoms with Gasteiger partial charge in [-0.25, -0.2) is 18.2 Å². The van der Waals surface area contributed by atoms with Gasteiger partial charge in [0.25, 0.3) is 5.56 Å². The summed E-state index contributed by atoms with van der Waals surface area (Å²) in [6.07, 6.45) is 1.62. The summed E-state index contributed by atoms with van der Waals surface area (Å²) in [5, 5.41) is 0. The predicted octanol–water partition coefficient (Wildman–Crippen LogP) is 5.74. The molecule has 0 atom stereocenters. The van der Waals surface area contributed by atoms with E-state index >= 15 is 0 Å². The zero-order chi connectivity index (χ0) is 26.1. The van der Waals surface area contributed by atoms with Gasteiger partial charge in [0.2, 0.25) is 5.78 Å². The molecule has 0 aliphatic carbocycles. The first-order valence-corrected chi connectivity index (χ1v) is 12.2. The lowest BCUT2D eigenvalue weighted by Crippen LogP contribution is -2.25. The molecule has 2 aromatic heterocycles. The average Bonchev–Trinajstić information content (AvgIpc) is 3.25. The predicted molar refractivity (Wildman–Crippen MR) is 141 cm³/mol.